The smallest absolute Gasteiger partial charge is 0.332 e. The second-order valence-electron chi connectivity index (χ2n) is 5.74. The molecule has 1 aliphatic heterocycles. The Labute approximate surface area is 131 Å². The molecule has 0 spiro atoms. The highest BCUT2D eigenvalue weighted by atomic mass is 19.4. The normalized spacial score (nSPS) is 18.8. The lowest BCUT2D eigenvalue weighted by Crippen LogP contribution is -2.34. The van der Waals surface area contributed by atoms with E-state index in [9.17, 15) is 18.0 Å². The van der Waals surface area contributed by atoms with Gasteiger partial charge in [0.25, 0.3) is 0 Å². The summed E-state index contributed by atoms with van der Waals surface area (Å²) in [7, 11) is 0. The maximum absolute atomic E-state index is 12.5. The number of fused-ring (bicyclic) bond motifs is 1. The molecule has 0 unspecified atom stereocenters. The van der Waals surface area contributed by atoms with Crippen LogP contribution in [0, 0.1) is 0 Å². The molecule has 4 nitrogen and oxygen atoms in total. The number of carbonyl (C=O) groups is 1. The van der Waals surface area contributed by atoms with Gasteiger partial charge in [0.1, 0.15) is 12.2 Å². The maximum Gasteiger partial charge on any atom is 0.397 e. The summed E-state index contributed by atoms with van der Waals surface area (Å²) in [5.74, 6) is -0.184. The van der Waals surface area contributed by atoms with E-state index >= 15 is 0 Å². The first-order chi connectivity index (χ1) is 10.9. The van der Waals surface area contributed by atoms with Crippen molar-refractivity contribution in [3.05, 3.63) is 30.1 Å². The van der Waals surface area contributed by atoms with Crippen LogP contribution in [0.15, 0.2) is 24.3 Å². The number of rotatable bonds is 3. The number of alkyl halides is 3. The van der Waals surface area contributed by atoms with Gasteiger partial charge in [-0.2, -0.15) is 13.2 Å². The summed E-state index contributed by atoms with van der Waals surface area (Å²) in [5.41, 5.74) is 1.75. The zero-order chi connectivity index (χ0) is 16.6. The van der Waals surface area contributed by atoms with Crippen LogP contribution in [-0.4, -0.2) is 33.1 Å². The molecule has 2 aromatic rings. The Balaban J connectivity index is 1.95. The lowest BCUT2D eigenvalue weighted by Gasteiger charge is -2.25. The Morgan fingerprint density at radius 3 is 2.78 bits per heavy atom. The topological polar surface area (TPSA) is 38.1 Å². The van der Waals surface area contributed by atoms with E-state index in [-0.39, 0.29) is 6.04 Å². The summed E-state index contributed by atoms with van der Waals surface area (Å²) in [6, 6.07) is 7.22. The van der Waals surface area contributed by atoms with Crippen molar-refractivity contribution in [2.75, 3.05) is 6.54 Å². The van der Waals surface area contributed by atoms with Crippen LogP contribution in [0.4, 0.5) is 13.2 Å². The van der Waals surface area contributed by atoms with E-state index in [1.165, 1.54) is 4.90 Å². The molecule has 1 aromatic heterocycles. The predicted molar refractivity (Wildman–Crippen MR) is 79.8 cm³/mol. The summed E-state index contributed by atoms with van der Waals surface area (Å²) in [6.45, 7) is 2.98. The molecule has 0 saturated carbocycles. The number of hydrogen-bond acceptors (Lipinski definition) is 2. The Morgan fingerprint density at radius 2 is 2.09 bits per heavy atom. The SMILES string of the molecule is CCn1c([C@@H]2CCCN2C(=O)CC(F)(F)F)nc2ccccc21. The first-order valence-electron chi connectivity index (χ1n) is 7.72. The van der Waals surface area contributed by atoms with Crippen LogP contribution in [-0.2, 0) is 11.3 Å². The minimum Gasteiger partial charge on any atom is -0.332 e. The van der Waals surface area contributed by atoms with Crippen molar-refractivity contribution in [3.8, 4) is 0 Å². The Kier molecular flexibility index (Phi) is 4.04. The van der Waals surface area contributed by atoms with Crippen molar-refractivity contribution < 1.29 is 18.0 Å². The Bertz CT molecular complexity index is 723. The Hall–Kier alpha value is -2.05. The summed E-state index contributed by atoms with van der Waals surface area (Å²) >= 11 is 0. The largest absolute Gasteiger partial charge is 0.397 e. The fourth-order valence-electron chi connectivity index (χ4n) is 3.29. The zero-order valence-corrected chi connectivity index (χ0v) is 12.8. The molecule has 1 fully saturated rings. The highest BCUT2D eigenvalue weighted by Crippen LogP contribution is 2.35. The van der Waals surface area contributed by atoms with E-state index < -0.39 is 18.5 Å². The van der Waals surface area contributed by atoms with Crippen molar-refractivity contribution in [1.82, 2.24) is 14.5 Å². The van der Waals surface area contributed by atoms with Crippen LogP contribution < -0.4 is 0 Å². The fraction of sp³-hybridized carbons (Fsp3) is 0.500. The van der Waals surface area contributed by atoms with Gasteiger partial charge >= 0.3 is 6.18 Å². The summed E-state index contributed by atoms with van der Waals surface area (Å²) in [6.07, 6.45) is -4.54. The molecule has 1 saturated heterocycles. The second-order valence-corrected chi connectivity index (χ2v) is 5.74. The third-order valence-corrected chi connectivity index (χ3v) is 4.22. The van der Waals surface area contributed by atoms with Crippen LogP contribution in [0.5, 0.6) is 0 Å². The molecule has 1 aromatic carbocycles. The van der Waals surface area contributed by atoms with Gasteiger partial charge in [0, 0.05) is 13.1 Å². The zero-order valence-electron chi connectivity index (χ0n) is 12.8. The van der Waals surface area contributed by atoms with E-state index in [4.69, 9.17) is 0 Å². The number of para-hydroxylation sites is 2. The van der Waals surface area contributed by atoms with E-state index in [2.05, 4.69) is 4.98 Å². The minimum atomic E-state index is -4.48. The fourth-order valence-corrected chi connectivity index (χ4v) is 3.29. The lowest BCUT2D eigenvalue weighted by atomic mass is 10.2. The number of likely N-dealkylation sites (tertiary alicyclic amines) is 1. The third-order valence-electron chi connectivity index (χ3n) is 4.22. The van der Waals surface area contributed by atoms with Crippen molar-refractivity contribution in [2.45, 2.75) is 44.9 Å². The van der Waals surface area contributed by atoms with E-state index in [0.717, 1.165) is 11.0 Å². The molecular formula is C16H18F3N3O. The van der Waals surface area contributed by atoms with Crippen LogP contribution in [0.1, 0.15) is 38.1 Å². The number of hydrogen-bond donors (Lipinski definition) is 0. The van der Waals surface area contributed by atoms with Crippen molar-refractivity contribution >= 4 is 16.9 Å². The number of benzene rings is 1. The number of nitrogens with zero attached hydrogens (tertiary/aromatic N) is 3. The summed E-state index contributed by atoms with van der Waals surface area (Å²) in [4.78, 5) is 17.9. The molecule has 23 heavy (non-hydrogen) atoms. The first kappa shape index (κ1) is 15.8. The van der Waals surface area contributed by atoms with Gasteiger partial charge in [-0.15, -0.1) is 0 Å². The summed E-state index contributed by atoms with van der Waals surface area (Å²) in [5, 5.41) is 0. The average molecular weight is 325 g/mol. The highest BCUT2D eigenvalue weighted by Gasteiger charge is 2.39. The van der Waals surface area contributed by atoms with Crippen LogP contribution in [0.2, 0.25) is 0 Å². The molecule has 3 rings (SSSR count). The molecule has 0 N–H and O–H groups in total. The molecule has 1 amide bonds. The van der Waals surface area contributed by atoms with Gasteiger partial charge < -0.3 is 9.47 Å². The van der Waals surface area contributed by atoms with Gasteiger partial charge in [-0.25, -0.2) is 4.98 Å². The average Bonchev–Trinajstić information content (AvgIpc) is 3.09. The van der Waals surface area contributed by atoms with Gasteiger partial charge in [-0.05, 0) is 31.9 Å². The van der Waals surface area contributed by atoms with Crippen LogP contribution >= 0.6 is 0 Å². The van der Waals surface area contributed by atoms with Gasteiger partial charge in [-0.1, -0.05) is 12.1 Å². The predicted octanol–water partition coefficient (Wildman–Crippen LogP) is 3.67. The number of carbonyl (C=O) groups excluding carboxylic acids is 1. The Morgan fingerprint density at radius 1 is 1.35 bits per heavy atom. The lowest BCUT2D eigenvalue weighted by molar-refractivity contribution is -0.162. The molecule has 7 heteroatoms. The van der Waals surface area contributed by atoms with Crippen LogP contribution in [0.25, 0.3) is 11.0 Å². The molecule has 1 atom stereocenters. The van der Waals surface area contributed by atoms with Crippen LogP contribution in [0.3, 0.4) is 0 Å². The van der Waals surface area contributed by atoms with Gasteiger partial charge in [0.05, 0.1) is 17.1 Å². The number of imidazole rings is 1. The van der Waals surface area contributed by atoms with Crippen molar-refractivity contribution in [3.63, 3.8) is 0 Å². The van der Waals surface area contributed by atoms with Crippen molar-refractivity contribution in [2.24, 2.45) is 0 Å². The molecule has 0 bridgehead atoms. The standard InChI is InChI=1S/C16H18F3N3O/c1-2-21-12-7-4-3-6-11(12)20-15(21)13-8-5-9-22(13)14(23)10-16(17,18)19/h3-4,6-7,13H,2,5,8-10H2,1H3/t13-/m0/s1. The third kappa shape index (κ3) is 3.04. The maximum atomic E-state index is 12.5. The van der Waals surface area contributed by atoms with E-state index in [1.807, 2.05) is 35.8 Å². The molecular weight excluding hydrogens is 307 g/mol. The van der Waals surface area contributed by atoms with E-state index in [1.54, 1.807) is 0 Å². The summed E-state index contributed by atoms with van der Waals surface area (Å²) < 4.78 is 39.6. The second kappa shape index (κ2) is 5.86. The minimum absolute atomic E-state index is 0.354. The number of halogens is 3. The van der Waals surface area contributed by atoms with Crippen molar-refractivity contribution in [1.29, 1.82) is 0 Å². The first-order valence-corrected chi connectivity index (χ1v) is 7.72. The molecule has 124 valence electrons. The number of aryl methyl sites for hydroxylation is 1. The molecule has 1 aliphatic rings. The van der Waals surface area contributed by atoms with Gasteiger partial charge in [0.2, 0.25) is 5.91 Å². The van der Waals surface area contributed by atoms with E-state index in [0.29, 0.717) is 31.8 Å². The number of amides is 1. The highest BCUT2D eigenvalue weighted by molar-refractivity contribution is 5.79. The van der Waals surface area contributed by atoms with Gasteiger partial charge in [0.15, 0.2) is 0 Å². The molecule has 0 aliphatic carbocycles. The quantitative estimate of drug-likeness (QED) is 0.863. The molecule has 2 heterocycles. The number of aromatic nitrogens is 2. The van der Waals surface area contributed by atoms with Gasteiger partial charge in [-0.3, -0.25) is 4.79 Å². The monoisotopic (exact) mass is 325 g/mol. The molecule has 0 radical (unpaired) electrons.